The normalized spacial score (nSPS) is 10.9. The number of aromatic nitrogens is 2. The highest BCUT2D eigenvalue weighted by molar-refractivity contribution is 7.11. The topological polar surface area (TPSA) is 85.0 Å². The standard InChI is InChI=1S/C19H15N3O3S/c1-13-8-11-26-16(13)6-7-18(23)25-12-17-21-15-5-3-2-4-14(15)19(24)22(17)10-9-20/h2-8,11H,10,12H2,1H3/b7-6+. The first-order valence-electron chi connectivity index (χ1n) is 7.84. The Bertz CT molecular complexity index is 1090. The Balaban J connectivity index is 1.82. The molecule has 0 saturated carbocycles. The lowest BCUT2D eigenvalue weighted by Gasteiger charge is -2.10. The number of rotatable bonds is 5. The third kappa shape index (κ3) is 3.71. The minimum absolute atomic E-state index is 0.159. The maximum atomic E-state index is 12.5. The summed E-state index contributed by atoms with van der Waals surface area (Å²) in [6.45, 7) is 1.61. The van der Waals surface area contributed by atoms with E-state index in [2.05, 4.69) is 4.98 Å². The van der Waals surface area contributed by atoms with Gasteiger partial charge >= 0.3 is 5.97 Å². The zero-order chi connectivity index (χ0) is 18.5. The van der Waals surface area contributed by atoms with Crippen LogP contribution in [0.5, 0.6) is 0 Å². The number of benzene rings is 1. The van der Waals surface area contributed by atoms with E-state index < -0.39 is 5.97 Å². The van der Waals surface area contributed by atoms with E-state index in [1.54, 1.807) is 30.3 Å². The molecule has 0 aliphatic heterocycles. The molecule has 2 aromatic heterocycles. The fraction of sp³-hybridized carbons (Fsp3) is 0.158. The molecule has 0 aliphatic rings. The van der Waals surface area contributed by atoms with Gasteiger partial charge in [0, 0.05) is 11.0 Å². The van der Waals surface area contributed by atoms with Crippen LogP contribution in [0.15, 0.2) is 46.6 Å². The van der Waals surface area contributed by atoms with Gasteiger partial charge in [0.25, 0.3) is 5.56 Å². The van der Waals surface area contributed by atoms with Crippen LogP contribution in [-0.4, -0.2) is 15.5 Å². The highest BCUT2D eigenvalue weighted by Gasteiger charge is 2.12. The van der Waals surface area contributed by atoms with E-state index in [-0.39, 0.29) is 24.5 Å². The van der Waals surface area contributed by atoms with Crippen LogP contribution in [-0.2, 0) is 22.7 Å². The number of thiophene rings is 1. The van der Waals surface area contributed by atoms with E-state index in [0.29, 0.717) is 10.9 Å². The molecule has 0 aliphatic carbocycles. The molecule has 0 fully saturated rings. The van der Waals surface area contributed by atoms with Gasteiger partial charge in [-0.05, 0) is 42.1 Å². The monoisotopic (exact) mass is 365 g/mol. The summed E-state index contributed by atoms with van der Waals surface area (Å²) in [5.41, 5.74) is 1.26. The van der Waals surface area contributed by atoms with Crippen molar-refractivity contribution in [2.45, 2.75) is 20.1 Å². The average molecular weight is 365 g/mol. The van der Waals surface area contributed by atoms with E-state index in [1.165, 1.54) is 22.0 Å². The molecule has 7 heteroatoms. The number of nitriles is 1. The summed E-state index contributed by atoms with van der Waals surface area (Å²) in [4.78, 5) is 29.8. The van der Waals surface area contributed by atoms with Crippen molar-refractivity contribution in [2.75, 3.05) is 0 Å². The number of fused-ring (bicyclic) bond motifs is 1. The first-order chi connectivity index (χ1) is 12.6. The number of esters is 1. The summed E-state index contributed by atoms with van der Waals surface area (Å²) in [5.74, 6) is -0.298. The number of nitrogens with zero attached hydrogens (tertiary/aromatic N) is 3. The lowest BCUT2D eigenvalue weighted by Crippen LogP contribution is -2.26. The Morgan fingerprint density at radius 1 is 1.38 bits per heavy atom. The lowest BCUT2D eigenvalue weighted by atomic mass is 10.2. The van der Waals surface area contributed by atoms with Crippen molar-refractivity contribution in [3.63, 3.8) is 0 Å². The van der Waals surface area contributed by atoms with Crippen molar-refractivity contribution >= 4 is 34.3 Å². The van der Waals surface area contributed by atoms with Crippen molar-refractivity contribution in [1.82, 2.24) is 9.55 Å². The van der Waals surface area contributed by atoms with Gasteiger partial charge in [-0.2, -0.15) is 5.26 Å². The lowest BCUT2D eigenvalue weighted by molar-refractivity contribution is -0.139. The van der Waals surface area contributed by atoms with Gasteiger partial charge in [-0.15, -0.1) is 11.3 Å². The Hall–Kier alpha value is -3.24. The molecule has 130 valence electrons. The second kappa shape index (κ2) is 7.76. The van der Waals surface area contributed by atoms with Crippen LogP contribution < -0.4 is 5.56 Å². The molecule has 0 amide bonds. The maximum absolute atomic E-state index is 12.5. The highest BCUT2D eigenvalue weighted by Crippen LogP contribution is 2.17. The summed E-state index contributed by atoms with van der Waals surface area (Å²) >= 11 is 1.53. The average Bonchev–Trinajstić information content (AvgIpc) is 3.06. The van der Waals surface area contributed by atoms with E-state index >= 15 is 0 Å². The number of para-hydroxylation sites is 1. The Labute approximate surface area is 153 Å². The van der Waals surface area contributed by atoms with Crippen molar-refractivity contribution in [3.8, 4) is 6.07 Å². The molecule has 1 aromatic carbocycles. The highest BCUT2D eigenvalue weighted by atomic mass is 32.1. The maximum Gasteiger partial charge on any atom is 0.331 e. The molecule has 0 atom stereocenters. The van der Waals surface area contributed by atoms with Crippen molar-refractivity contribution in [2.24, 2.45) is 0 Å². The van der Waals surface area contributed by atoms with Crippen molar-refractivity contribution < 1.29 is 9.53 Å². The molecular formula is C19H15N3O3S. The number of aryl methyl sites for hydroxylation is 1. The molecule has 0 radical (unpaired) electrons. The van der Waals surface area contributed by atoms with E-state index in [0.717, 1.165) is 10.4 Å². The first-order valence-corrected chi connectivity index (χ1v) is 8.72. The van der Waals surface area contributed by atoms with Gasteiger partial charge in [-0.3, -0.25) is 9.36 Å². The number of carbonyl (C=O) groups is 1. The fourth-order valence-electron chi connectivity index (χ4n) is 2.44. The molecule has 0 saturated heterocycles. The van der Waals surface area contributed by atoms with Crippen LogP contribution in [0.2, 0.25) is 0 Å². The van der Waals surface area contributed by atoms with Crippen LogP contribution in [0.1, 0.15) is 16.3 Å². The molecule has 3 aromatic rings. The van der Waals surface area contributed by atoms with E-state index in [9.17, 15) is 9.59 Å². The predicted molar refractivity (Wildman–Crippen MR) is 99.5 cm³/mol. The molecule has 6 nitrogen and oxygen atoms in total. The molecule has 0 spiro atoms. The fourth-order valence-corrected chi connectivity index (χ4v) is 3.26. The SMILES string of the molecule is Cc1ccsc1/C=C/C(=O)OCc1nc2ccccc2c(=O)n1CC#N. The summed E-state index contributed by atoms with van der Waals surface area (Å²) < 4.78 is 6.43. The summed E-state index contributed by atoms with van der Waals surface area (Å²) in [7, 11) is 0. The minimum Gasteiger partial charge on any atom is -0.454 e. The third-order valence-corrected chi connectivity index (χ3v) is 4.77. The Kier molecular flexibility index (Phi) is 5.25. The Morgan fingerprint density at radius 2 is 2.19 bits per heavy atom. The van der Waals surface area contributed by atoms with Gasteiger partial charge in [-0.1, -0.05) is 12.1 Å². The number of ether oxygens (including phenoxy) is 1. The molecule has 2 heterocycles. The number of hydrogen-bond acceptors (Lipinski definition) is 6. The molecule has 3 rings (SSSR count). The molecular weight excluding hydrogens is 350 g/mol. The van der Waals surface area contributed by atoms with Gasteiger partial charge in [0.15, 0.2) is 5.82 Å². The first kappa shape index (κ1) is 17.6. The third-order valence-electron chi connectivity index (χ3n) is 3.79. The zero-order valence-corrected chi connectivity index (χ0v) is 14.8. The second-order valence-electron chi connectivity index (χ2n) is 5.50. The number of hydrogen-bond donors (Lipinski definition) is 0. The van der Waals surface area contributed by atoms with Gasteiger partial charge < -0.3 is 4.74 Å². The molecule has 0 unspecified atom stereocenters. The zero-order valence-electron chi connectivity index (χ0n) is 14.0. The van der Waals surface area contributed by atoms with Gasteiger partial charge in [-0.25, -0.2) is 9.78 Å². The second-order valence-corrected chi connectivity index (χ2v) is 6.45. The molecule has 0 bridgehead atoms. The van der Waals surface area contributed by atoms with Gasteiger partial charge in [0.1, 0.15) is 13.2 Å². The molecule has 26 heavy (non-hydrogen) atoms. The van der Waals surface area contributed by atoms with Crippen LogP contribution in [0, 0.1) is 18.3 Å². The number of carbonyl (C=O) groups excluding carboxylic acids is 1. The van der Waals surface area contributed by atoms with Crippen LogP contribution in [0.25, 0.3) is 17.0 Å². The minimum atomic E-state index is -0.538. The van der Waals surface area contributed by atoms with E-state index in [4.69, 9.17) is 10.00 Å². The Morgan fingerprint density at radius 3 is 2.92 bits per heavy atom. The van der Waals surface area contributed by atoms with Gasteiger partial charge in [0.2, 0.25) is 0 Å². The summed E-state index contributed by atoms with van der Waals surface area (Å²) in [6.07, 6.45) is 3.03. The van der Waals surface area contributed by atoms with E-state index in [1.807, 2.05) is 24.4 Å². The quantitative estimate of drug-likeness (QED) is 0.512. The predicted octanol–water partition coefficient (Wildman–Crippen LogP) is 3.05. The van der Waals surface area contributed by atoms with Crippen LogP contribution >= 0.6 is 11.3 Å². The summed E-state index contributed by atoms with van der Waals surface area (Å²) in [6, 6.07) is 10.8. The van der Waals surface area contributed by atoms with Crippen LogP contribution in [0.3, 0.4) is 0 Å². The van der Waals surface area contributed by atoms with Gasteiger partial charge in [0.05, 0.1) is 17.0 Å². The smallest absolute Gasteiger partial charge is 0.331 e. The van der Waals surface area contributed by atoms with Crippen molar-refractivity contribution in [1.29, 1.82) is 5.26 Å². The van der Waals surface area contributed by atoms with Crippen molar-refractivity contribution in [3.05, 3.63) is 68.4 Å². The van der Waals surface area contributed by atoms with Crippen LogP contribution in [0.4, 0.5) is 0 Å². The molecule has 0 N–H and O–H groups in total. The summed E-state index contributed by atoms with van der Waals surface area (Å²) in [5, 5.41) is 11.3. The largest absolute Gasteiger partial charge is 0.454 e.